The predicted octanol–water partition coefficient (Wildman–Crippen LogP) is 1.07. The lowest BCUT2D eigenvalue weighted by molar-refractivity contribution is 0.00578. The second-order valence-electron chi connectivity index (χ2n) is 5.35. The van der Waals surface area contributed by atoms with Gasteiger partial charge in [-0.05, 0) is 27.7 Å². The van der Waals surface area contributed by atoms with Crippen LogP contribution in [0.15, 0.2) is 12.4 Å². The van der Waals surface area contributed by atoms with Crippen molar-refractivity contribution in [3.63, 3.8) is 0 Å². The van der Waals surface area contributed by atoms with Gasteiger partial charge in [0.05, 0.1) is 17.4 Å². The molecule has 0 bridgehead atoms. The second kappa shape index (κ2) is 4.01. The summed E-state index contributed by atoms with van der Waals surface area (Å²) in [5.74, 6) is 2.48. The average Bonchev–Trinajstić information content (AvgIpc) is 2.47. The zero-order valence-corrected chi connectivity index (χ0v) is 11.0. The maximum atomic E-state index is 9.91. The zero-order chi connectivity index (χ0) is 13.6. The first-order chi connectivity index (χ1) is 8.28. The molecule has 0 atom stereocenters. The van der Waals surface area contributed by atoms with E-state index in [0.717, 1.165) is 0 Å². The maximum absolute atomic E-state index is 9.91. The Morgan fingerprint density at radius 2 is 1.78 bits per heavy atom. The van der Waals surface area contributed by atoms with Crippen molar-refractivity contribution in [3.05, 3.63) is 18.0 Å². The lowest BCUT2D eigenvalue weighted by Crippen LogP contribution is -2.41. The number of rotatable bonds is 1. The summed E-state index contributed by atoms with van der Waals surface area (Å²) in [7, 11) is -0.677. The quantitative estimate of drug-likeness (QED) is 0.594. The monoisotopic (exact) mass is 245 g/mol. The second-order valence-corrected chi connectivity index (χ2v) is 5.35. The number of pyridine rings is 1. The summed E-state index contributed by atoms with van der Waals surface area (Å²) in [5.41, 5.74) is -0.00182. The van der Waals surface area contributed by atoms with E-state index in [1.54, 1.807) is 0 Å². The van der Waals surface area contributed by atoms with Crippen molar-refractivity contribution in [3.8, 4) is 18.1 Å². The van der Waals surface area contributed by atoms with Crippen molar-refractivity contribution in [1.82, 2.24) is 4.98 Å². The fraction of sp³-hybridized carbons (Fsp3) is 0.462. The van der Waals surface area contributed by atoms with Crippen LogP contribution in [0.5, 0.6) is 5.75 Å². The molecule has 0 spiro atoms. The Hall–Kier alpha value is -1.51. The van der Waals surface area contributed by atoms with E-state index in [9.17, 15) is 5.11 Å². The molecule has 2 rings (SSSR count). The van der Waals surface area contributed by atoms with E-state index in [1.165, 1.54) is 12.4 Å². The van der Waals surface area contributed by atoms with E-state index in [4.69, 9.17) is 15.7 Å². The van der Waals surface area contributed by atoms with E-state index in [0.29, 0.717) is 11.0 Å². The normalized spacial score (nSPS) is 20.7. The largest absolute Gasteiger partial charge is 0.507 e. The molecule has 1 aromatic heterocycles. The van der Waals surface area contributed by atoms with Gasteiger partial charge in [-0.25, -0.2) is 0 Å². The van der Waals surface area contributed by atoms with Crippen LogP contribution in [-0.4, -0.2) is 28.4 Å². The minimum Gasteiger partial charge on any atom is -0.507 e. The zero-order valence-electron chi connectivity index (χ0n) is 11.0. The summed E-state index contributed by atoms with van der Waals surface area (Å²) in [6, 6.07) is 0. The van der Waals surface area contributed by atoms with Gasteiger partial charge in [-0.2, -0.15) is 0 Å². The van der Waals surface area contributed by atoms with Gasteiger partial charge in [0.25, 0.3) is 0 Å². The lowest BCUT2D eigenvalue weighted by Gasteiger charge is -2.32. The van der Waals surface area contributed by atoms with Crippen molar-refractivity contribution in [2.75, 3.05) is 0 Å². The van der Waals surface area contributed by atoms with E-state index in [2.05, 4.69) is 10.9 Å². The summed E-state index contributed by atoms with van der Waals surface area (Å²) in [6.45, 7) is 7.78. The van der Waals surface area contributed by atoms with E-state index >= 15 is 0 Å². The van der Waals surface area contributed by atoms with Gasteiger partial charge < -0.3 is 14.4 Å². The highest BCUT2D eigenvalue weighted by atomic mass is 16.7. The topological polar surface area (TPSA) is 51.6 Å². The number of nitrogens with zero attached hydrogens (tertiary/aromatic N) is 1. The molecule has 0 radical (unpaired) electrons. The molecule has 1 aliphatic heterocycles. The van der Waals surface area contributed by atoms with E-state index < -0.39 is 18.3 Å². The molecule has 5 heteroatoms. The van der Waals surface area contributed by atoms with Gasteiger partial charge in [0, 0.05) is 17.2 Å². The molecular weight excluding hydrogens is 229 g/mol. The van der Waals surface area contributed by atoms with E-state index in [1.807, 2.05) is 27.7 Å². The van der Waals surface area contributed by atoms with Crippen molar-refractivity contribution < 1.29 is 14.4 Å². The Balaban J connectivity index is 2.45. The molecule has 18 heavy (non-hydrogen) atoms. The molecule has 1 N–H and O–H groups in total. The summed E-state index contributed by atoms with van der Waals surface area (Å²) in [5, 5.41) is 9.91. The molecule has 2 heterocycles. The van der Waals surface area contributed by atoms with Crippen LogP contribution in [0.2, 0.25) is 0 Å². The third-order valence-corrected chi connectivity index (χ3v) is 3.61. The minimum atomic E-state index is -0.677. The van der Waals surface area contributed by atoms with Gasteiger partial charge in [-0.3, -0.25) is 4.98 Å². The van der Waals surface area contributed by atoms with Gasteiger partial charge in [-0.15, -0.1) is 6.42 Å². The highest BCUT2D eigenvalue weighted by molar-refractivity contribution is 6.63. The highest BCUT2D eigenvalue weighted by Gasteiger charge is 2.53. The Bertz CT molecular complexity index is 503. The van der Waals surface area contributed by atoms with Crippen LogP contribution >= 0.6 is 0 Å². The summed E-state index contributed by atoms with van der Waals surface area (Å²) < 4.78 is 11.7. The van der Waals surface area contributed by atoms with Crippen LogP contribution in [0.1, 0.15) is 33.3 Å². The number of hydrogen-bond donors (Lipinski definition) is 1. The smallest absolute Gasteiger partial charge is 0.500 e. The van der Waals surface area contributed by atoms with Crippen LogP contribution in [0, 0.1) is 12.3 Å². The van der Waals surface area contributed by atoms with Crippen LogP contribution in [0.25, 0.3) is 0 Å². The lowest BCUT2D eigenvalue weighted by atomic mass is 9.76. The first kappa shape index (κ1) is 12.9. The highest BCUT2D eigenvalue weighted by Crippen LogP contribution is 2.37. The molecule has 0 aliphatic carbocycles. The number of aromatic nitrogens is 1. The summed E-state index contributed by atoms with van der Waals surface area (Å²) >= 11 is 0. The SMILES string of the molecule is C#Cc1cncc(O)c1B1OC(C)(C)C(C)(C)O1. The number of aromatic hydroxyl groups is 1. The molecule has 1 aliphatic rings. The van der Waals surface area contributed by atoms with Crippen molar-refractivity contribution >= 4 is 12.6 Å². The van der Waals surface area contributed by atoms with Crippen molar-refractivity contribution in [1.29, 1.82) is 0 Å². The Kier molecular flexibility index (Phi) is 2.88. The predicted molar refractivity (Wildman–Crippen MR) is 69.6 cm³/mol. The van der Waals surface area contributed by atoms with Crippen LogP contribution < -0.4 is 5.46 Å². The third-order valence-electron chi connectivity index (χ3n) is 3.61. The number of hydrogen-bond acceptors (Lipinski definition) is 4. The van der Waals surface area contributed by atoms with Crippen LogP contribution in [0.3, 0.4) is 0 Å². The molecule has 4 nitrogen and oxygen atoms in total. The summed E-state index contributed by atoms with van der Waals surface area (Å²) in [4.78, 5) is 3.86. The first-order valence-electron chi connectivity index (χ1n) is 5.77. The fourth-order valence-corrected chi connectivity index (χ4v) is 1.78. The van der Waals surface area contributed by atoms with Gasteiger partial charge in [0.2, 0.25) is 0 Å². The Morgan fingerprint density at radius 3 is 2.28 bits per heavy atom. The average molecular weight is 245 g/mol. The summed E-state index contributed by atoms with van der Waals surface area (Å²) in [6.07, 6.45) is 8.26. The molecule has 94 valence electrons. The van der Waals surface area contributed by atoms with E-state index in [-0.39, 0.29) is 5.75 Å². The standard InChI is InChI=1S/C13H16BNO3/c1-6-9-7-15-8-10(16)11(9)14-17-12(2,3)13(4,5)18-14/h1,7-8,16H,2-5H3. The molecule has 1 aromatic rings. The Labute approximate surface area is 107 Å². The van der Waals surface area contributed by atoms with Gasteiger partial charge in [0.15, 0.2) is 0 Å². The molecular formula is C13H16BNO3. The minimum absolute atomic E-state index is 0.0102. The maximum Gasteiger partial charge on any atom is 0.500 e. The van der Waals surface area contributed by atoms with Gasteiger partial charge in [0.1, 0.15) is 5.75 Å². The molecule has 0 aromatic carbocycles. The molecule has 1 saturated heterocycles. The first-order valence-corrected chi connectivity index (χ1v) is 5.77. The molecule has 0 saturated carbocycles. The van der Waals surface area contributed by atoms with Gasteiger partial charge >= 0.3 is 7.12 Å². The van der Waals surface area contributed by atoms with Gasteiger partial charge in [-0.1, -0.05) is 5.92 Å². The molecule has 0 amide bonds. The molecule has 1 fully saturated rings. The van der Waals surface area contributed by atoms with Crippen LogP contribution in [-0.2, 0) is 9.31 Å². The van der Waals surface area contributed by atoms with Crippen LogP contribution in [0.4, 0.5) is 0 Å². The third kappa shape index (κ3) is 1.88. The Morgan fingerprint density at radius 1 is 1.22 bits per heavy atom. The molecule has 0 unspecified atom stereocenters. The fourth-order valence-electron chi connectivity index (χ4n) is 1.78. The van der Waals surface area contributed by atoms with Crippen molar-refractivity contribution in [2.24, 2.45) is 0 Å². The number of terminal acetylenes is 1. The van der Waals surface area contributed by atoms with Crippen molar-refractivity contribution in [2.45, 2.75) is 38.9 Å².